The summed E-state index contributed by atoms with van der Waals surface area (Å²) in [5.74, 6) is -1.27. The number of hydrogen-bond donors (Lipinski definition) is 2. The summed E-state index contributed by atoms with van der Waals surface area (Å²) in [6.07, 6.45) is -3.60. The van der Waals surface area contributed by atoms with Crippen LogP contribution in [0, 0.1) is 0 Å². The van der Waals surface area contributed by atoms with Crippen molar-refractivity contribution in [3.05, 3.63) is 69.5 Å². The third-order valence-corrected chi connectivity index (χ3v) is 3.77. The number of amides is 1. The largest absolute Gasteiger partial charge is 0.573 e. The Balaban J connectivity index is 1.87. The van der Waals surface area contributed by atoms with Crippen LogP contribution in [0.2, 0.25) is 5.02 Å². The van der Waals surface area contributed by atoms with Gasteiger partial charge in [-0.15, -0.1) is 13.2 Å². The van der Waals surface area contributed by atoms with Crippen molar-refractivity contribution in [2.75, 3.05) is 5.32 Å². The van der Waals surface area contributed by atoms with Crippen LogP contribution in [0.25, 0.3) is 10.9 Å². The van der Waals surface area contributed by atoms with E-state index in [0.717, 1.165) is 18.2 Å². The molecule has 1 aromatic heterocycles. The second kappa shape index (κ2) is 6.72. The van der Waals surface area contributed by atoms with Gasteiger partial charge in [0.05, 0.1) is 10.7 Å². The van der Waals surface area contributed by atoms with E-state index in [2.05, 4.69) is 15.0 Å². The molecule has 26 heavy (non-hydrogen) atoms. The molecule has 0 spiro atoms. The maximum atomic E-state index is 12.4. The highest BCUT2D eigenvalue weighted by Crippen LogP contribution is 2.30. The van der Waals surface area contributed by atoms with E-state index in [4.69, 9.17) is 11.6 Å². The fraction of sp³-hybridized carbons (Fsp3) is 0.0588. The Bertz CT molecular complexity index is 1050. The van der Waals surface area contributed by atoms with Crippen molar-refractivity contribution in [3.8, 4) is 5.75 Å². The minimum Gasteiger partial charge on any atom is -0.406 e. The summed E-state index contributed by atoms with van der Waals surface area (Å²) in [5.41, 5.74) is -0.0279. The summed E-state index contributed by atoms with van der Waals surface area (Å²) in [4.78, 5) is 27.6. The van der Waals surface area contributed by atoms with Crippen molar-refractivity contribution >= 4 is 34.1 Å². The summed E-state index contributed by atoms with van der Waals surface area (Å²) < 4.78 is 40.4. The van der Waals surface area contributed by atoms with E-state index in [1.807, 2.05) is 0 Å². The lowest BCUT2D eigenvalue weighted by atomic mass is 10.1. The number of carbonyl (C=O) groups is 1. The van der Waals surface area contributed by atoms with Crippen LogP contribution in [0.4, 0.5) is 18.9 Å². The number of aromatic nitrogens is 1. The van der Waals surface area contributed by atoms with E-state index < -0.39 is 23.4 Å². The lowest BCUT2D eigenvalue weighted by molar-refractivity contribution is -0.274. The number of ether oxygens (including phenoxy) is 1. The SMILES string of the molecule is O=C(Nc1ccc(OC(F)(F)F)cc1Cl)c1c[nH]c2ccccc2c1=O. The fourth-order valence-electron chi connectivity index (χ4n) is 2.32. The minimum absolute atomic E-state index is 0.0405. The zero-order valence-electron chi connectivity index (χ0n) is 12.9. The summed E-state index contributed by atoms with van der Waals surface area (Å²) in [6.45, 7) is 0. The van der Waals surface area contributed by atoms with Gasteiger partial charge in [-0.25, -0.2) is 0 Å². The van der Waals surface area contributed by atoms with Crippen molar-refractivity contribution in [3.63, 3.8) is 0 Å². The van der Waals surface area contributed by atoms with Crippen molar-refractivity contribution in [1.29, 1.82) is 0 Å². The number of carbonyl (C=O) groups excluding carboxylic acids is 1. The van der Waals surface area contributed by atoms with Gasteiger partial charge in [0.1, 0.15) is 11.3 Å². The first kappa shape index (κ1) is 17.8. The molecule has 1 heterocycles. The van der Waals surface area contributed by atoms with Gasteiger partial charge >= 0.3 is 6.36 Å². The number of pyridine rings is 1. The number of hydrogen-bond acceptors (Lipinski definition) is 3. The number of para-hydroxylation sites is 1. The Morgan fingerprint density at radius 1 is 1.15 bits per heavy atom. The first-order valence-electron chi connectivity index (χ1n) is 7.22. The topological polar surface area (TPSA) is 71.2 Å². The molecule has 0 atom stereocenters. The summed E-state index contributed by atoms with van der Waals surface area (Å²) in [7, 11) is 0. The Labute approximate surface area is 149 Å². The van der Waals surface area contributed by atoms with Gasteiger partial charge in [-0.1, -0.05) is 23.7 Å². The third-order valence-electron chi connectivity index (χ3n) is 3.46. The molecule has 9 heteroatoms. The standard InChI is InChI=1S/C17H10ClF3N2O3/c18-12-7-9(26-17(19,20)21)5-6-14(12)23-16(25)11-8-22-13-4-2-1-3-10(13)15(11)24/h1-8H,(H,22,24)(H,23,25). The van der Waals surface area contributed by atoms with E-state index >= 15 is 0 Å². The normalized spacial score (nSPS) is 11.4. The molecule has 0 fully saturated rings. The van der Waals surface area contributed by atoms with Crippen molar-refractivity contribution in [1.82, 2.24) is 4.98 Å². The van der Waals surface area contributed by atoms with Gasteiger partial charge in [-0.2, -0.15) is 0 Å². The second-order valence-corrected chi connectivity index (χ2v) is 5.63. The zero-order chi connectivity index (χ0) is 18.9. The van der Waals surface area contributed by atoms with Gasteiger partial charge < -0.3 is 15.0 Å². The van der Waals surface area contributed by atoms with E-state index in [1.54, 1.807) is 24.3 Å². The first-order chi connectivity index (χ1) is 12.2. The first-order valence-corrected chi connectivity index (χ1v) is 7.59. The monoisotopic (exact) mass is 382 g/mol. The van der Waals surface area contributed by atoms with E-state index in [9.17, 15) is 22.8 Å². The second-order valence-electron chi connectivity index (χ2n) is 5.22. The van der Waals surface area contributed by atoms with Crippen LogP contribution in [-0.4, -0.2) is 17.3 Å². The maximum Gasteiger partial charge on any atom is 0.573 e. The van der Waals surface area contributed by atoms with Gasteiger partial charge in [0.25, 0.3) is 5.91 Å². The number of alkyl halides is 3. The van der Waals surface area contributed by atoms with Crippen LogP contribution < -0.4 is 15.5 Å². The lowest BCUT2D eigenvalue weighted by Gasteiger charge is -2.11. The number of H-pyrrole nitrogens is 1. The molecule has 134 valence electrons. The molecular weight excluding hydrogens is 373 g/mol. The van der Waals surface area contributed by atoms with Gasteiger partial charge in [0, 0.05) is 23.2 Å². The van der Waals surface area contributed by atoms with Gasteiger partial charge in [0.15, 0.2) is 0 Å². The van der Waals surface area contributed by atoms with Gasteiger partial charge in [-0.3, -0.25) is 9.59 Å². The molecule has 0 aliphatic carbocycles. The smallest absolute Gasteiger partial charge is 0.406 e. The highest BCUT2D eigenvalue weighted by atomic mass is 35.5. The maximum absolute atomic E-state index is 12.4. The average molecular weight is 383 g/mol. The molecule has 0 aliphatic rings. The minimum atomic E-state index is -4.85. The number of aromatic amines is 1. The quantitative estimate of drug-likeness (QED) is 0.708. The molecule has 0 unspecified atom stereocenters. The molecule has 3 rings (SSSR count). The molecule has 0 saturated carbocycles. The highest BCUT2D eigenvalue weighted by molar-refractivity contribution is 6.34. The summed E-state index contributed by atoms with van der Waals surface area (Å²) >= 11 is 5.88. The molecule has 0 radical (unpaired) electrons. The number of benzene rings is 2. The van der Waals surface area contributed by atoms with Gasteiger partial charge in [0.2, 0.25) is 5.43 Å². The molecule has 1 amide bonds. The zero-order valence-corrected chi connectivity index (χ0v) is 13.6. The van der Waals surface area contributed by atoms with Crippen LogP contribution in [0.15, 0.2) is 53.5 Å². The predicted molar refractivity (Wildman–Crippen MR) is 90.7 cm³/mol. The molecule has 2 aromatic carbocycles. The van der Waals surface area contributed by atoms with Crippen molar-refractivity contribution in [2.45, 2.75) is 6.36 Å². The predicted octanol–water partition coefficient (Wildman–Crippen LogP) is 4.33. The average Bonchev–Trinajstić information content (AvgIpc) is 2.56. The molecule has 0 saturated heterocycles. The Morgan fingerprint density at radius 2 is 1.88 bits per heavy atom. The molecule has 2 N–H and O–H groups in total. The fourth-order valence-corrected chi connectivity index (χ4v) is 2.54. The third kappa shape index (κ3) is 3.80. The summed E-state index contributed by atoms with van der Waals surface area (Å²) in [5, 5.41) is 2.56. The highest BCUT2D eigenvalue weighted by Gasteiger charge is 2.31. The lowest BCUT2D eigenvalue weighted by Crippen LogP contribution is -2.22. The number of anilines is 1. The number of nitrogens with one attached hydrogen (secondary N) is 2. The molecular formula is C17H10ClF3N2O3. The number of fused-ring (bicyclic) bond motifs is 1. The van der Waals surface area contributed by atoms with E-state index in [1.165, 1.54) is 6.20 Å². The van der Waals surface area contributed by atoms with Crippen molar-refractivity contribution in [2.24, 2.45) is 0 Å². The van der Waals surface area contributed by atoms with Gasteiger partial charge in [-0.05, 0) is 24.3 Å². The Kier molecular flexibility index (Phi) is 4.60. The van der Waals surface area contributed by atoms with Crippen LogP contribution in [-0.2, 0) is 0 Å². The number of rotatable bonds is 3. The van der Waals surface area contributed by atoms with Crippen LogP contribution in [0.3, 0.4) is 0 Å². The van der Waals surface area contributed by atoms with Crippen LogP contribution in [0.5, 0.6) is 5.75 Å². The Morgan fingerprint density at radius 3 is 2.58 bits per heavy atom. The van der Waals surface area contributed by atoms with E-state index in [0.29, 0.717) is 10.9 Å². The van der Waals surface area contributed by atoms with Crippen LogP contribution in [0.1, 0.15) is 10.4 Å². The van der Waals surface area contributed by atoms with E-state index in [-0.39, 0.29) is 16.3 Å². The van der Waals surface area contributed by atoms with Crippen molar-refractivity contribution < 1.29 is 22.7 Å². The molecule has 5 nitrogen and oxygen atoms in total. The molecule has 0 aliphatic heterocycles. The summed E-state index contributed by atoms with van der Waals surface area (Å²) in [6, 6.07) is 9.72. The molecule has 3 aromatic rings. The molecule has 0 bridgehead atoms. The number of halogens is 4. The van der Waals surface area contributed by atoms with Crippen LogP contribution >= 0.6 is 11.6 Å². The Hall–Kier alpha value is -3.00.